The minimum atomic E-state index is -0.839. The minimum Gasteiger partial charge on any atom is -0.491 e. The number of pyridine rings is 1. The van der Waals surface area contributed by atoms with Gasteiger partial charge in [0.05, 0.1) is 32.1 Å². The van der Waals surface area contributed by atoms with Gasteiger partial charge in [-0.2, -0.15) is 0 Å². The van der Waals surface area contributed by atoms with Crippen molar-refractivity contribution >= 4 is 34.0 Å². The number of nitrogens with zero attached hydrogens (tertiary/aromatic N) is 4. The monoisotopic (exact) mass is 621 g/mol. The molecule has 1 aliphatic rings. The van der Waals surface area contributed by atoms with Gasteiger partial charge in [-0.3, -0.25) is 14.9 Å². The second-order valence-corrected chi connectivity index (χ2v) is 11.2. The number of hydrogen-bond acceptors (Lipinski definition) is 8. The summed E-state index contributed by atoms with van der Waals surface area (Å²) in [7, 11) is 0. The quantitative estimate of drug-likeness (QED) is 0.200. The average Bonchev–Trinajstić information content (AvgIpc) is 3.48. The minimum absolute atomic E-state index is 0.0308. The van der Waals surface area contributed by atoms with Crippen LogP contribution in [0, 0.1) is 5.82 Å². The Balaban J connectivity index is 1.51. The summed E-state index contributed by atoms with van der Waals surface area (Å²) in [5.41, 5.74) is 9.48. The number of hydrogen-bond donors (Lipinski definition) is 3. The number of amides is 1. The molecular formula is C35H36FN7O3. The maximum atomic E-state index is 16.4. The van der Waals surface area contributed by atoms with Crippen LogP contribution in [0.1, 0.15) is 36.8 Å². The number of rotatable bonds is 10. The van der Waals surface area contributed by atoms with E-state index in [0.717, 1.165) is 21.9 Å². The maximum Gasteiger partial charge on any atom is 0.243 e. The first kappa shape index (κ1) is 30.7. The molecule has 10 nitrogen and oxygen atoms in total. The second kappa shape index (κ2) is 13.4. The van der Waals surface area contributed by atoms with Crippen molar-refractivity contribution in [3.8, 4) is 17.0 Å². The zero-order valence-corrected chi connectivity index (χ0v) is 25.8. The predicted octanol–water partition coefficient (Wildman–Crippen LogP) is 4.94. The first-order valence-electron chi connectivity index (χ1n) is 15.3. The first-order valence-corrected chi connectivity index (χ1v) is 15.3. The van der Waals surface area contributed by atoms with Crippen molar-refractivity contribution in [2.75, 3.05) is 37.4 Å². The van der Waals surface area contributed by atoms with Crippen LogP contribution in [0.5, 0.6) is 5.75 Å². The topological polar surface area (TPSA) is 127 Å². The highest BCUT2D eigenvalue weighted by Crippen LogP contribution is 2.36. The fourth-order valence-corrected chi connectivity index (χ4v) is 5.70. The van der Waals surface area contributed by atoms with Crippen molar-refractivity contribution in [1.29, 1.82) is 0 Å². The maximum absolute atomic E-state index is 16.4. The molecule has 4 N–H and O–H groups in total. The molecule has 11 heteroatoms. The summed E-state index contributed by atoms with van der Waals surface area (Å²) in [4.78, 5) is 36.4. The molecule has 1 atom stereocenters. The SMILES string of the molecule is CCOc1cc(CC)cc(C(Nc2ccc3c(N)nccc3c2)c2nc(-c3ccccc3)cn2CC(=O)N2CNCC(=O)C2)c1F. The van der Waals surface area contributed by atoms with Gasteiger partial charge in [0.25, 0.3) is 0 Å². The van der Waals surface area contributed by atoms with Gasteiger partial charge in [0.1, 0.15) is 24.2 Å². The lowest BCUT2D eigenvalue weighted by Gasteiger charge is -2.28. The smallest absolute Gasteiger partial charge is 0.243 e. The van der Waals surface area contributed by atoms with Gasteiger partial charge in [0, 0.05) is 34.6 Å². The molecule has 0 radical (unpaired) electrons. The van der Waals surface area contributed by atoms with Crippen LogP contribution in [-0.2, 0) is 22.6 Å². The summed E-state index contributed by atoms with van der Waals surface area (Å²) < 4.78 is 23.9. The highest BCUT2D eigenvalue weighted by molar-refractivity contribution is 5.93. The summed E-state index contributed by atoms with van der Waals surface area (Å²) in [5.74, 6) is 0.145. The molecule has 1 fully saturated rings. The van der Waals surface area contributed by atoms with Crippen molar-refractivity contribution in [1.82, 2.24) is 24.8 Å². The zero-order valence-electron chi connectivity index (χ0n) is 25.8. The Hall–Kier alpha value is -5.29. The molecule has 46 heavy (non-hydrogen) atoms. The molecule has 0 spiro atoms. The predicted molar refractivity (Wildman–Crippen MR) is 176 cm³/mol. The van der Waals surface area contributed by atoms with Crippen molar-refractivity contribution in [3.05, 3.63) is 102 Å². The summed E-state index contributed by atoms with van der Waals surface area (Å²) >= 11 is 0. The number of benzene rings is 3. The van der Waals surface area contributed by atoms with E-state index < -0.39 is 11.9 Å². The number of Topliss-reactive ketones (excluding diaryl/α,β-unsaturated/α-hetero) is 1. The van der Waals surface area contributed by atoms with Gasteiger partial charge in [-0.1, -0.05) is 43.3 Å². The van der Waals surface area contributed by atoms with Gasteiger partial charge in [0.2, 0.25) is 5.91 Å². The molecular weight excluding hydrogens is 585 g/mol. The Morgan fingerprint density at radius 1 is 1.13 bits per heavy atom. The van der Waals surface area contributed by atoms with Crippen molar-refractivity contribution in [2.24, 2.45) is 0 Å². The van der Waals surface area contributed by atoms with Crippen LogP contribution in [0.15, 0.2) is 79.1 Å². The number of aryl methyl sites for hydroxylation is 1. The fraction of sp³-hybridized carbons (Fsp3) is 0.257. The second-order valence-electron chi connectivity index (χ2n) is 11.2. The largest absolute Gasteiger partial charge is 0.491 e. The Kier molecular flexibility index (Phi) is 8.93. The van der Waals surface area contributed by atoms with Crippen molar-refractivity contribution < 1.29 is 18.7 Å². The number of nitrogens with two attached hydrogens (primary N) is 1. The number of carbonyl (C=O) groups is 2. The lowest BCUT2D eigenvalue weighted by atomic mass is 9.99. The number of aromatic nitrogens is 3. The number of halogens is 1. The lowest BCUT2D eigenvalue weighted by Crippen LogP contribution is -2.50. The molecule has 1 unspecified atom stereocenters. The first-order chi connectivity index (χ1) is 22.3. The van der Waals surface area contributed by atoms with E-state index in [1.165, 1.54) is 4.90 Å². The number of carbonyl (C=O) groups excluding carboxylic acids is 2. The molecule has 0 bridgehead atoms. The van der Waals surface area contributed by atoms with Gasteiger partial charge >= 0.3 is 0 Å². The summed E-state index contributed by atoms with van der Waals surface area (Å²) in [6.45, 7) is 4.53. The van der Waals surface area contributed by atoms with Gasteiger partial charge < -0.3 is 25.3 Å². The standard InChI is InChI=1S/C35H36FN7O3/c1-3-22-14-28(32(36)30(15-22)46-4-2)33(40-25-10-11-27-24(16-25)12-13-39-34(27)37)35-41-29(23-8-6-5-7-9-23)19-42(35)20-31(45)43-18-26(44)17-38-21-43/h5-16,19,33,38,40H,3-4,17-18,20-21H2,1-2H3,(H2,37,39). The van der Waals surface area contributed by atoms with Crippen LogP contribution >= 0.6 is 0 Å². The van der Waals surface area contributed by atoms with E-state index >= 15 is 4.39 Å². The van der Waals surface area contributed by atoms with Crippen molar-refractivity contribution in [3.63, 3.8) is 0 Å². The van der Waals surface area contributed by atoms with Gasteiger partial charge in [-0.15, -0.1) is 0 Å². The van der Waals surface area contributed by atoms with Crippen molar-refractivity contribution in [2.45, 2.75) is 32.9 Å². The van der Waals surface area contributed by atoms with Crippen LogP contribution in [-0.4, -0.2) is 57.5 Å². The van der Waals surface area contributed by atoms with Crippen LogP contribution < -0.4 is 21.1 Å². The zero-order chi connectivity index (χ0) is 32.2. The molecule has 6 rings (SSSR count). The Bertz CT molecular complexity index is 1890. The molecule has 0 aliphatic carbocycles. The van der Waals surface area contributed by atoms with E-state index in [0.29, 0.717) is 41.6 Å². The number of nitrogens with one attached hydrogen (secondary N) is 2. The average molecular weight is 622 g/mol. The summed E-state index contributed by atoms with van der Waals surface area (Å²) in [6, 6.07) is 19.8. The van der Waals surface area contributed by atoms with E-state index in [1.54, 1.807) is 23.0 Å². The van der Waals surface area contributed by atoms with Crippen LogP contribution in [0.2, 0.25) is 0 Å². The van der Waals surface area contributed by atoms with E-state index in [9.17, 15) is 9.59 Å². The normalized spacial score (nSPS) is 14.0. The summed E-state index contributed by atoms with van der Waals surface area (Å²) in [6.07, 6.45) is 4.09. The molecule has 5 aromatic rings. The highest BCUT2D eigenvalue weighted by atomic mass is 19.1. The van der Waals surface area contributed by atoms with Gasteiger partial charge in [-0.25, -0.2) is 14.4 Å². The van der Waals surface area contributed by atoms with Gasteiger partial charge in [-0.05, 0) is 54.6 Å². The molecule has 3 heterocycles. The third kappa shape index (κ3) is 6.40. The van der Waals surface area contributed by atoms with Crippen LogP contribution in [0.3, 0.4) is 0 Å². The Labute approximate surface area is 266 Å². The Morgan fingerprint density at radius 3 is 2.72 bits per heavy atom. The number of imidazole rings is 1. The highest BCUT2D eigenvalue weighted by Gasteiger charge is 2.29. The number of ether oxygens (including phenoxy) is 1. The molecule has 1 aliphatic heterocycles. The van der Waals surface area contributed by atoms with E-state index in [4.69, 9.17) is 15.5 Å². The third-order valence-corrected chi connectivity index (χ3v) is 8.04. The third-order valence-electron chi connectivity index (χ3n) is 8.04. The van der Waals surface area contributed by atoms with Crippen LogP contribution in [0.4, 0.5) is 15.9 Å². The van der Waals surface area contributed by atoms with E-state index in [1.807, 2.05) is 74.5 Å². The molecule has 0 saturated carbocycles. The molecule has 236 valence electrons. The molecule has 3 aromatic carbocycles. The number of ketones is 1. The number of anilines is 2. The number of fused-ring (bicyclic) bond motifs is 1. The Morgan fingerprint density at radius 2 is 1.96 bits per heavy atom. The lowest BCUT2D eigenvalue weighted by molar-refractivity contribution is -0.138. The molecule has 2 aromatic heterocycles. The van der Waals surface area contributed by atoms with E-state index in [2.05, 4.69) is 15.6 Å². The fourth-order valence-electron chi connectivity index (χ4n) is 5.70. The molecule has 1 amide bonds. The summed E-state index contributed by atoms with van der Waals surface area (Å²) in [5, 5.41) is 8.15. The van der Waals surface area contributed by atoms with E-state index in [-0.39, 0.29) is 43.7 Å². The van der Waals surface area contributed by atoms with Gasteiger partial charge in [0.15, 0.2) is 17.3 Å². The van der Waals surface area contributed by atoms with Crippen LogP contribution in [0.25, 0.3) is 22.0 Å². The number of nitrogen functional groups attached to an aromatic ring is 1. The molecule has 1 saturated heterocycles.